The van der Waals surface area contributed by atoms with Crippen molar-refractivity contribution in [2.45, 2.75) is 0 Å². The highest BCUT2D eigenvalue weighted by Gasteiger charge is 2.15. The quantitative estimate of drug-likeness (QED) is 0.539. The Morgan fingerprint density at radius 2 is 1.77 bits per heavy atom. The Morgan fingerprint density at radius 3 is 2.23 bits per heavy atom. The SMILES string of the molecule is [Cl-].[NH3+]c1cc(F)c(F)cc1C(=O)O. The lowest BCUT2D eigenvalue weighted by Gasteiger charge is -1.97. The molecule has 0 aromatic heterocycles. The minimum absolute atomic E-state index is 0. The van der Waals surface area contributed by atoms with Gasteiger partial charge in [0.1, 0.15) is 11.3 Å². The lowest BCUT2D eigenvalue weighted by Crippen LogP contribution is -3.00. The van der Waals surface area contributed by atoms with E-state index in [0.717, 1.165) is 6.07 Å². The van der Waals surface area contributed by atoms with Crippen molar-refractivity contribution in [3.05, 3.63) is 29.3 Å². The van der Waals surface area contributed by atoms with Gasteiger partial charge >= 0.3 is 5.97 Å². The molecule has 0 aliphatic rings. The minimum Gasteiger partial charge on any atom is -1.00 e. The van der Waals surface area contributed by atoms with Crippen molar-refractivity contribution >= 4 is 11.7 Å². The van der Waals surface area contributed by atoms with Crippen molar-refractivity contribution in [1.82, 2.24) is 0 Å². The van der Waals surface area contributed by atoms with Crippen LogP contribution in [0.15, 0.2) is 12.1 Å². The van der Waals surface area contributed by atoms with Crippen LogP contribution in [0, 0.1) is 11.6 Å². The molecular weight excluding hydrogens is 204 g/mol. The molecule has 0 radical (unpaired) electrons. The Labute approximate surface area is 78.6 Å². The Morgan fingerprint density at radius 1 is 1.31 bits per heavy atom. The zero-order chi connectivity index (χ0) is 9.30. The van der Waals surface area contributed by atoms with Crippen LogP contribution >= 0.6 is 0 Å². The van der Waals surface area contributed by atoms with E-state index in [1.807, 2.05) is 0 Å². The first-order valence-corrected chi connectivity index (χ1v) is 3.06. The molecule has 1 aromatic carbocycles. The normalized spacial score (nSPS) is 9.15. The second-order valence-corrected chi connectivity index (χ2v) is 2.23. The fourth-order valence-corrected chi connectivity index (χ4v) is 0.787. The Balaban J connectivity index is 0.00000144. The standard InChI is InChI=1S/C7H5F2NO2.ClH/c8-4-1-3(7(11)12)6(10)2-5(4)9;/h1-2H,10H2,(H,11,12);1H. The largest absolute Gasteiger partial charge is 1.00 e. The number of carboxylic acid groups (broad SMARTS) is 1. The van der Waals surface area contributed by atoms with Crippen LogP contribution in [0.25, 0.3) is 0 Å². The molecule has 3 nitrogen and oxygen atoms in total. The molecular formula is C7H6ClF2NO2. The molecule has 0 heterocycles. The van der Waals surface area contributed by atoms with Crippen LogP contribution < -0.4 is 18.1 Å². The number of aromatic carboxylic acids is 1. The van der Waals surface area contributed by atoms with E-state index in [-0.39, 0.29) is 23.7 Å². The van der Waals surface area contributed by atoms with E-state index in [0.29, 0.717) is 6.07 Å². The van der Waals surface area contributed by atoms with Gasteiger partial charge in [-0.15, -0.1) is 0 Å². The van der Waals surface area contributed by atoms with Gasteiger partial charge in [-0.25, -0.2) is 13.6 Å². The van der Waals surface area contributed by atoms with Gasteiger partial charge in [-0.05, 0) is 6.07 Å². The predicted molar refractivity (Wildman–Crippen MR) is 35.9 cm³/mol. The third-order valence-corrected chi connectivity index (χ3v) is 1.38. The van der Waals surface area contributed by atoms with Crippen molar-refractivity contribution in [3.8, 4) is 0 Å². The Bertz CT molecular complexity index is 344. The highest BCUT2D eigenvalue weighted by molar-refractivity contribution is 5.92. The second-order valence-electron chi connectivity index (χ2n) is 2.23. The summed E-state index contributed by atoms with van der Waals surface area (Å²) in [4.78, 5) is 10.4. The van der Waals surface area contributed by atoms with Crippen LogP contribution in [0.3, 0.4) is 0 Å². The molecule has 0 spiro atoms. The van der Waals surface area contributed by atoms with Crippen molar-refractivity contribution in [2.24, 2.45) is 0 Å². The van der Waals surface area contributed by atoms with Crippen molar-refractivity contribution in [2.75, 3.05) is 0 Å². The van der Waals surface area contributed by atoms with Gasteiger partial charge < -0.3 is 23.2 Å². The molecule has 0 aliphatic carbocycles. The van der Waals surface area contributed by atoms with E-state index in [1.54, 1.807) is 0 Å². The van der Waals surface area contributed by atoms with Gasteiger partial charge in [0.15, 0.2) is 11.6 Å². The van der Waals surface area contributed by atoms with Gasteiger partial charge in [-0.3, -0.25) is 0 Å². The van der Waals surface area contributed by atoms with Crippen LogP contribution in [0.5, 0.6) is 0 Å². The first kappa shape index (κ1) is 11.8. The summed E-state index contributed by atoms with van der Waals surface area (Å²) in [6.07, 6.45) is 0. The van der Waals surface area contributed by atoms with E-state index >= 15 is 0 Å². The lowest BCUT2D eigenvalue weighted by atomic mass is 10.2. The number of rotatable bonds is 1. The predicted octanol–water partition coefficient (Wildman–Crippen LogP) is -2.46. The summed E-state index contributed by atoms with van der Waals surface area (Å²) in [5, 5.41) is 8.45. The molecule has 4 N–H and O–H groups in total. The van der Waals surface area contributed by atoms with Crippen LogP contribution in [0.2, 0.25) is 0 Å². The smallest absolute Gasteiger partial charge is 0.341 e. The van der Waals surface area contributed by atoms with Crippen molar-refractivity contribution < 1.29 is 36.8 Å². The molecule has 0 amide bonds. The van der Waals surface area contributed by atoms with Crippen LogP contribution in [0.4, 0.5) is 14.5 Å². The molecule has 0 aliphatic heterocycles. The van der Waals surface area contributed by atoms with Gasteiger partial charge in [0.2, 0.25) is 0 Å². The van der Waals surface area contributed by atoms with Crippen LogP contribution in [-0.2, 0) is 0 Å². The number of carboxylic acids is 1. The topological polar surface area (TPSA) is 64.9 Å². The molecule has 0 bridgehead atoms. The van der Waals surface area contributed by atoms with E-state index in [2.05, 4.69) is 5.73 Å². The van der Waals surface area contributed by atoms with Crippen LogP contribution in [-0.4, -0.2) is 11.1 Å². The average Bonchev–Trinajstić information content (AvgIpc) is 1.96. The average molecular weight is 210 g/mol. The summed E-state index contributed by atoms with van der Waals surface area (Å²) in [6, 6.07) is 1.36. The third-order valence-electron chi connectivity index (χ3n) is 1.38. The molecule has 0 atom stereocenters. The van der Waals surface area contributed by atoms with E-state index in [1.165, 1.54) is 0 Å². The maximum atomic E-state index is 12.5. The zero-order valence-electron chi connectivity index (χ0n) is 6.35. The summed E-state index contributed by atoms with van der Waals surface area (Å²) in [5.74, 6) is -3.59. The van der Waals surface area contributed by atoms with Gasteiger partial charge in [0.05, 0.1) is 0 Å². The molecule has 1 aromatic rings. The molecule has 0 saturated heterocycles. The van der Waals surface area contributed by atoms with Gasteiger partial charge in [-0.2, -0.15) is 0 Å². The van der Waals surface area contributed by atoms with Gasteiger partial charge in [0, 0.05) is 6.07 Å². The Kier molecular flexibility index (Phi) is 3.77. The highest BCUT2D eigenvalue weighted by Crippen LogP contribution is 2.15. The molecule has 0 saturated carbocycles. The maximum Gasteiger partial charge on any atom is 0.341 e. The zero-order valence-corrected chi connectivity index (χ0v) is 7.11. The van der Waals surface area contributed by atoms with Crippen molar-refractivity contribution in [3.63, 3.8) is 0 Å². The summed E-state index contributed by atoms with van der Waals surface area (Å²) in [5.41, 5.74) is 2.89. The van der Waals surface area contributed by atoms with E-state index in [9.17, 15) is 13.6 Å². The van der Waals surface area contributed by atoms with Gasteiger partial charge in [0.25, 0.3) is 0 Å². The van der Waals surface area contributed by atoms with Gasteiger partial charge in [-0.1, -0.05) is 0 Å². The fourth-order valence-electron chi connectivity index (χ4n) is 0.787. The molecule has 6 heteroatoms. The molecule has 0 unspecified atom stereocenters. The molecule has 0 fully saturated rings. The Hall–Kier alpha value is -1.20. The maximum absolute atomic E-state index is 12.5. The summed E-state index contributed by atoms with van der Waals surface area (Å²) < 4.78 is 24.9. The highest BCUT2D eigenvalue weighted by atomic mass is 35.5. The molecule has 72 valence electrons. The van der Waals surface area contributed by atoms with Crippen molar-refractivity contribution in [1.29, 1.82) is 0 Å². The number of quaternary nitrogens is 1. The third kappa shape index (κ3) is 2.37. The minimum atomic E-state index is -1.32. The first-order valence-electron chi connectivity index (χ1n) is 3.06. The number of carbonyl (C=O) groups is 1. The number of hydrogen-bond donors (Lipinski definition) is 2. The summed E-state index contributed by atoms with van der Waals surface area (Å²) in [7, 11) is 0. The number of benzene rings is 1. The van der Waals surface area contributed by atoms with Crippen LogP contribution in [0.1, 0.15) is 10.4 Å². The lowest BCUT2D eigenvalue weighted by molar-refractivity contribution is -0.255. The fraction of sp³-hybridized carbons (Fsp3) is 0. The first-order chi connectivity index (χ1) is 5.52. The molecule has 13 heavy (non-hydrogen) atoms. The number of hydrogen-bond acceptors (Lipinski definition) is 1. The number of halogens is 3. The monoisotopic (exact) mass is 209 g/mol. The second kappa shape index (κ2) is 4.15. The summed E-state index contributed by atoms with van der Waals surface area (Å²) >= 11 is 0. The van der Waals surface area contributed by atoms with E-state index < -0.39 is 17.6 Å². The summed E-state index contributed by atoms with van der Waals surface area (Å²) in [6.45, 7) is 0. The molecule has 1 rings (SSSR count). The van der Waals surface area contributed by atoms with E-state index in [4.69, 9.17) is 5.11 Å².